The maximum absolute atomic E-state index is 4.37. The second-order valence-corrected chi connectivity index (χ2v) is 4.03. The standard InChI is InChI=1S/C11H14N6/c1-16-7-5-12-11(16)13-8-10-15-14-9-4-2-3-6-17(9)10/h2-4,6H,5,7-8H2,1H3,(H,12,13). The molecule has 0 saturated carbocycles. The molecule has 0 saturated heterocycles. The molecule has 0 atom stereocenters. The minimum Gasteiger partial charge on any atom is -0.349 e. The lowest BCUT2D eigenvalue weighted by Gasteiger charge is -2.14. The maximum atomic E-state index is 4.37. The van der Waals surface area contributed by atoms with E-state index in [4.69, 9.17) is 0 Å². The molecule has 1 N–H and O–H groups in total. The summed E-state index contributed by atoms with van der Waals surface area (Å²) in [7, 11) is 2.03. The predicted molar refractivity (Wildman–Crippen MR) is 64.8 cm³/mol. The SMILES string of the molecule is CN1CCN=C1NCc1nnc2ccccn12. The van der Waals surface area contributed by atoms with Crippen molar-refractivity contribution in [1.29, 1.82) is 0 Å². The Hall–Kier alpha value is -2.11. The van der Waals surface area contributed by atoms with Gasteiger partial charge in [-0.15, -0.1) is 10.2 Å². The molecule has 6 nitrogen and oxygen atoms in total. The fraction of sp³-hybridized carbons (Fsp3) is 0.364. The molecule has 0 amide bonds. The van der Waals surface area contributed by atoms with Crippen LogP contribution in [0.1, 0.15) is 5.82 Å². The van der Waals surface area contributed by atoms with Gasteiger partial charge in [-0.05, 0) is 12.1 Å². The quantitative estimate of drug-likeness (QED) is 0.796. The Morgan fingerprint density at radius 3 is 3.12 bits per heavy atom. The van der Waals surface area contributed by atoms with Crippen LogP contribution in [0.25, 0.3) is 5.65 Å². The van der Waals surface area contributed by atoms with Gasteiger partial charge in [-0.3, -0.25) is 9.39 Å². The van der Waals surface area contributed by atoms with Crippen molar-refractivity contribution in [2.24, 2.45) is 4.99 Å². The molecule has 0 spiro atoms. The van der Waals surface area contributed by atoms with Crippen LogP contribution in [0.3, 0.4) is 0 Å². The van der Waals surface area contributed by atoms with Crippen molar-refractivity contribution in [2.75, 3.05) is 20.1 Å². The van der Waals surface area contributed by atoms with Gasteiger partial charge in [-0.2, -0.15) is 0 Å². The fourth-order valence-corrected chi connectivity index (χ4v) is 1.89. The van der Waals surface area contributed by atoms with Gasteiger partial charge in [0.1, 0.15) is 0 Å². The van der Waals surface area contributed by atoms with Crippen LogP contribution in [-0.4, -0.2) is 45.6 Å². The minimum atomic E-state index is 0.633. The number of aromatic nitrogens is 3. The first-order chi connectivity index (χ1) is 8.34. The van der Waals surface area contributed by atoms with Crippen LogP contribution in [-0.2, 0) is 6.54 Å². The summed E-state index contributed by atoms with van der Waals surface area (Å²) >= 11 is 0. The molecule has 6 heteroatoms. The molecule has 3 rings (SSSR count). The largest absolute Gasteiger partial charge is 0.349 e. The summed E-state index contributed by atoms with van der Waals surface area (Å²) in [5.74, 6) is 1.82. The van der Waals surface area contributed by atoms with Crippen LogP contribution in [0.2, 0.25) is 0 Å². The molecule has 17 heavy (non-hydrogen) atoms. The molecule has 2 aromatic rings. The number of fused-ring (bicyclic) bond motifs is 1. The first kappa shape index (κ1) is 10.1. The minimum absolute atomic E-state index is 0.633. The summed E-state index contributed by atoms with van der Waals surface area (Å²) in [6.07, 6.45) is 1.96. The summed E-state index contributed by atoms with van der Waals surface area (Å²) in [5.41, 5.74) is 0.867. The van der Waals surface area contributed by atoms with E-state index in [-0.39, 0.29) is 0 Å². The number of pyridine rings is 1. The van der Waals surface area contributed by atoms with Crippen LogP contribution >= 0.6 is 0 Å². The number of aliphatic imine (C=N–C) groups is 1. The van der Waals surface area contributed by atoms with Crippen molar-refractivity contribution >= 4 is 11.6 Å². The number of rotatable bonds is 2. The van der Waals surface area contributed by atoms with Gasteiger partial charge < -0.3 is 10.2 Å². The van der Waals surface area contributed by atoms with E-state index in [1.165, 1.54) is 0 Å². The van der Waals surface area contributed by atoms with Crippen LogP contribution < -0.4 is 5.32 Å². The molecule has 0 bridgehead atoms. The third-order valence-electron chi connectivity index (χ3n) is 2.85. The van der Waals surface area contributed by atoms with Crippen molar-refractivity contribution in [3.63, 3.8) is 0 Å². The Bertz CT molecular complexity index is 558. The zero-order valence-corrected chi connectivity index (χ0v) is 9.67. The second-order valence-electron chi connectivity index (χ2n) is 4.03. The summed E-state index contributed by atoms with van der Waals surface area (Å²) in [6.45, 7) is 2.47. The van der Waals surface area contributed by atoms with Gasteiger partial charge in [0.15, 0.2) is 17.4 Å². The maximum Gasteiger partial charge on any atom is 0.194 e. The van der Waals surface area contributed by atoms with E-state index < -0.39 is 0 Å². The number of nitrogens with one attached hydrogen (secondary N) is 1. The van der Waals surface area contributed by atoms with Crippen LogP contribution in [0.4, 0.5) is 0 Å². The highest BCUT2D eigenvalue weighted by atomic mass is 15.3. The van der Waals surface area contributed by atoms with Gasteiger partial charge in [-0.25, -0.2) is 0 Å². The van der Waals surface area contributed by atoms with Gasteiger partial charge in [0.05, 0.1) is 13.1 Å². The van der Waals surface area contributed by atoms with Crippen molar-refractivity contribution in [2.45, 2.75) is 6.54 Å². The molecule has 0 radical (unpaired) electrons. The highest BCUT2D eigenvalue weighted by Gasteiger charge is 2.12. The lowest BCUT2D eigenvalue weighted by atomic mass is 10.4. The third kappa shape index (κ3) is 1.82. The summed E-state index contributed by atoms with van der Waals surface area (Å²) in [4.78, 5) is 6.47. The smallest absolute Gasteiger partial charge is 0.194 e. The number of likely N-dealkylation sites (N-methyl/N-ethyl adjacent to an activating group) is 1. The molecule has 0 fully saturated rings. The lowest BCUT2D eigenvalue weighted by Crippen LogP contribution is -2.35. The molecule has 1 aliphatic heterocycles. The Morgan fingerprint density at radius 2 is 2.29 bits per heavy atom. The molecular weight excluding hydrogens is 216 g/mol. The Kier molecular flexibility index (Phi) is 2.40. The van der Waals surface area contributed by atoms with E-state index in [0.717, 1.165) is 30.5 Å². The van der Waals surface area contributed by atoms with Crippen molar-refractivity contribution in [3.05, 3.63) is 30.2 Å². The average Bonchev–Trinajstić information content (AvgIpc) is 2.93. The van der Waals surface area contributed by atoms with Gasteiger partial charge in [0.2, 0.25) is 0 Å². The number of guanidine groups is 1. The molecular formula is C11H14N6. The molecule has 88 valence electrons. The number of nitrogens with zero attached hydrogens (tertiary/aromatic N) is 5. The first-order valence-corrected chi connectivity index (χ1v) is 5.63. The Labute approximate surface area is 99.0 Å². The molecule has 2 aromatic heterocycles. The van der Waals surface area contributed by atoms with Crippen LogP contribution in [0, 0.1) is 0 Å². The highest BCUT2D eigenvalue weighted by Crippen LogP contribution is 2.03. The van der Waals surface area contributed by atoms with Crippen molar-refractivity contribution < 1.29 is 0 Å². The average molecular weight is 230 g/mol. The van der Waals surface area contributed by atoms with Gasteiger partial charge in [0.25, 0.3) is 0 Å². The normalized spacial score (nSPS) is 15.4. The topological polar surface area (TPSA) is 57.8 Å². The monoisotopic (exact) mass is 230 g/mol. The molecule has 1 aliphatic rings. The lowest BCUT2D eigenvalue weighted by molar-refractivity contribution is 0.532. The summed E-state index contributed by atoms with van der Waals surface area (Å²) < 4.78 is 1.97. The second kappa shape index (κ2) is 4.04. The van der Waals surface area contributed by atoms with E-state index in [1.54, 1.807) is 0 Å². The van der Waals surface area contributed by atoms with E-state index in [1.807, 2.05) is 35.8 Å². The predicted octanol–water partition coefficient (Wildman–Crippen LogP) is 0.120. The zero-order valence-electron chi connectivity index (χ0n) is 9.67. The number of hydrogen-bond acceptors (Lipinski definition) is 5. The third-order valence-corrected chi connectivity index (χ3v) is 2.85. The highest BCUT2D eigenvalue weighted by molar-refractivity contribution is 5.81. The summed E-state index contributed by atoms with van der Waals surface area (Å²) in [5, 5.41) is 11.5. The van der Waals surface area contributed by atoms with E-state index in [9.17, 15) is 0 Å². The van der Waals surface area contributed by atoms with Crippen molar-refractivity contribution in [1.82, 2.24) is 24.8 Å². The van der Waals surface area contributed by atoms with Crippen LogP contribution in [0.5, 0.6) is 0 Å². The molecule has 0 aromatic carbocycles. The molecule has 3 heterocycles. The summed E-state index contributed by atoms with van der Waals surface area (Å²) in [6, 6.07) is 5.87. The van der Waals surface area contributed by atoms with Gasteiger partial charge in [-0.1, -0.05) is 6.07 Å². The van der Waals surface area contributed by atoms with Gasteiger partial charge in [0, 0.05) is 19.8 Å². The van der Waals surface area contributed by atoms with Crippen molar-refractivity contribution in [3.8, 4) is 0 Å². The molecule has 0 aliphatic carbocycles. The first-order valence-electron chi connectivity index (χ1n) is 5.63. The van der Waals surface area contributed by atoms with E-state index >= 15 is 0 Å². The van der Waals surface area contributed by atoms with Gasteiger partial charge >= 0.3 is 0 Å². The molecule has 0 unspecified atom stereocenters. The fourth-order valence-electron chi connectivity index (χ4n) is 1.89. The van der Waals surface area contributed by atoms with Crippen LogP contribution in [0.15, 0.2) is 29.4 Å². The van der Waals surface area contributed by atoms with E-state index in [2.05, 4.69) is 25.4 Å². The number of hydrogen-bond donors (Lipinski definition) is 1. The van der Waals surface area contributed by atoms with E-state index in [0.29, 0.717) is 6.54 Å². The zero-order chi connectivity index (χ0) is 11.7. The Morgan fingerprint density at radius 1 is 1.35 bits per heavy atom. The Balaban J connectivity index is 1.77.